The van der Waals surface area contributed by atoms with E-state index in [0.717, 1.165) is 6.42 Å². The van der Waals surface area contributed by atoms with Crippen LogP contribution in [0.1, 0.15) is 11.1 Å². The van der Waals surface area contributed by atoms with Crippen LogP contribution in [0.2, 0.25) is 0 Å². The highest BCUT2D eigenvalue weighted by Crippen LogP contribution is 2.39. The first kappa shape index (κ1) is 10.4. The van der Waals surface area contributed by atoms with Crippen LogP contribution < -0.4 is 0 Å². The van der Waals surface area contributed by atoms with Gasteiger partial charge >= 0.3 is 0 Å². The van der Waals surface area contributed by atoms with Gasteiger partial charge in [-0.15, -0.1) is 0 Å². The zero-order valence-electron chi connectivity index (χ0n) is 11.2. The molecule has 0 aromatic heterocycles. The third-order valence-electron chi connectivity index (χ3n) is 4.70. The van der Waals surface area contributed by atoms with Crippen molar-refractivity contribution in [3.05, 3.63) is 71.8 Å². The molecule has 0 bridgehead atoms. The number of aryl methyl sites for hydroxylation is 2. The molecular weight excluding hydrogens is 240 g/mol. The highest BCUT2D eigenvalue weighted by Gasteiger charge is 2.16. The fourth-order valence-corrected chi connectivity index (χ4v) is 3.82. The summed E-state index contributed by atoms with van der Waals surface area (Å²) in [6.45, 7) is 0. The molecule has 0 nitrogen and oxygen atoms in total. The van der Waals surface area contributed by atoms with Crippen LogP contribution in [0, 0.1) is 0 Å². The van der Waals surface area contributed by atoms with Crippen molar-refractivity contribution in [3.63, 3.8) is 0 Å². The van der Waals surface area contributed by atoms with Gasteiger partial charge in [0, 0.05) is 0 Å². The van der Waals surface area contributed by atoms with Crippen LogP contribution in [0.5, 0.6) is 0 Å². The standard InChI is InChI=1S/C20H14/c1-2-7-17-15(4-1)12-16-9-8-13-5-3-6-14-10-11-18(17)20(16)19(13)14/h1-7,10-12H,8-9H2. The van der Waals surface area contributed by atoms with Crippen molar-refractivity contribution in [1.29, 1.82) is 0 Å². The Kier molecular flexibility index (Phi) is 1.88. The van der Waals surface area contributed by atoms with Crippen molar-refractivity contribution in [2.45, 2.75) is 12.8 Å². The van der Waals surface area contributed by atoms with E-state index in [1.807, 2.05) is 0 Å². The van der Waals surface area contributed by atoms with Crippen molar-refractivity contribution in [2.75, 3.05) is 0 Å². The van der Waals surface area contributed by atoms with Crippen LogP contribution in [0.25, 0.3) is 32.3 Å². The van der Waals surface area contributed by atoms with Crippen LogP contribution in [0.15, 0.2) is 60.7 Å². The molecule has 0 fully saturated rings. The molecule has 0 aliphatic heterocycles. The van der Waals surface area contributed by atoms with Gasteiger partial charge in [-0.2, -0.15) is 0 Å². The summed E-state index contributed by atoms with van der Waals surface area (Å²) in [7, 11) is 0. The maximum Gasteiger partial charge on any atom is -0.00640 e. The predicted molar refractivity (Wildman–Crippen MR) is 86.4 cm³/mol. The molecule has 0 unspecified atom stereocenters. The lowest BCUT2D eigenvalue weighted by Gasteiger charge is -2.20. The average molecular weight is 254 g/mol. The second-order valence-electron chi connectivity index (χ2n) is 5.76. The van der Waals surface area contributed by atoms with Gasteiger partial charge in [0.1, 0.15) is 0 Å². The summed E-state index contributed by atoms with van der Waals surface area (Å²) in [6.07, 6.45) is 2.33. The van der Waals surface area contributed by atoms with Gasteiger partial charge < -0.3 is 0 Å². The lowest BCUT2D eigenvalue weighted by molar-refractivity contribution is 0.970. The molecule has 4 aromatic carbocycles. The Morgan fingerprint density at radius 1 is 0.550 bits per heavy atom. The zero-order valence-corrected chi connectivity index (χ0v) is 11.2. The van der Waals surface area contributed by atoms with Gasteiger partial charge in [0.05, 0.1) is 0 Å². The first-order chi connectivity index (χ1) is 9.92. The highest BCUT2D eigenvalue weighted by molar-refractivity contribution is 6.20. The second kappa shape index (κ2) is 3.61. The number of hydrogen-bond donors (Lipinski definition) is 0. The number of hydrogen-bond acceptors (Lipinski definition) is 0. The monoisotopic (exact) mass is 254 g/mol. The molecule has 0 spiro atoms. The van der Waals surface area contributed by atoms with E-state index in [9.17, 15) is 0 Å². The Morgan fingerprint density at radius 3 is 2.40 bits per heavy atom. The number of benzene rings is 4. The quantitative estimate of drug-likeness (QED) is 0.376. The van der Waals surface area contributed by atoms with Gasteiger partial charge in [0.15, 0.2) is 0 Å². The highest BCUT2D eigenvalue weighted by atomic mass is 14.2. The topological polar surface area (TPSA) is 0 Å². The molecule has 20 heavy (non-hydrogen) atoms. The van der Waals surface area contributed by atoms with Crippen molar-refractivity contribution < 1.29 is 0 Å². The summed E-state index contributed by atoms with van der Waals surface area (Å²) in [6, 6.07) is 22.5. The van der Waals surface area contributed by atoms with Gasteiger partial charge in [-0.3, -0.25) is 0 Å². The Hall–Kier alpha value is -2.34. The van der Waals surface area contributed by atoms with E-state index in [1.165, 1.54) is 49.9 Å². The van der Waals surface area contributed by atoms with Crippen LogP contribution >= 0.6 is 0 Å². The normalized spacial score (nSPS) is 13.6. The van der Waals surface area contributed by atoms with E-state index < -0.39 is 0 Å². The Labute approximate surface area is 117 Å². The Balaban J connectivity index is 2.17. The van der Waals surface area contributed by atoms with Gasteiger partial charge in [0.25, 0.3) is 0 Å². The van der Waals surface area contributed by atoms with Crippen LogP contribution in [0.3, 0.4) is 0 Å². The molecule has 5 rings (SSSR count). The van der Waals surface area contributed by atoms with Crippen LogP contribution in [0.4, 0.5) is 0 Å². The fourth-order valence-electron chi connectivity index (χ4n) is 3.82. The molecule has 0 saturated heterocycles. The van der Waals surface area contributed by atoms with E-state index in [2.05, 4.69) is 60.7 Å². The summed E-state index contributed by atoms with van der Waals surface area (Å²) in [5.74, 6) is 0. The summed E-state index contributed by atoms with van der Waals surface area (Å²) in [4.78, 5) is 0. The molecule has 0 saturated carbocycles. The van der Waals surface area contributed by atoms with Crippen LogP contribution in [-0.4, -0.2) is 0 Å². The van der Waals surface area contributed by atoms with E-state index in [1.54, 1.807) is 0 Å². The van der Waals surface area contributed by atoms with Gasteiger partial charge in [-0.25, -0.2) is 0 Å². The molecule has 0 N–H and O–H groups in total. The van der Waals surface area contributed by atoms with Gasteiger partial charge in [-0.1, -0.05) is 60.7 Å². The molecule has 4 aromatic rings. The van der Waals surface area contributed by atoms with Crippen LogP contribution in [-0.2, 0) is 12.8 Å². The summed E-state index contributed by atoms with van der Waals surface area (Å²) < 4.78 is 0. The minimum absolute atomic E-state index is 1.16. The smallest absolute Gasteiger partial charge is 0.00640 e. The minimum Gasteiger partial charge on any atom is -0.0616 e. The Morgan fingerprint density at radius 2 is 1.40 bits per heavy atom. The molecule has 0 heterocycles. The molecule has 0 amide bonds. The first-order valence-corrected chi connectivity index (χ1v) is 7.27. The van der Waals surface area contributed by atoms with Crippen molar-refractivity contribution >= 4 is 32.3 Å². The maximum absolute atomic E-state index is 2.40. The minimum atomic E-state index is 1.16. The van der Waals surface area contributed by atoms with E-state index in [-0.39, 0.29) is 0 Å². The lowest BCUT2D eigenvalue weighted by atomic mass is 9.84. The van der Waals surface area contributed by atoms with Crippen molar-refractivity contribution in [2.24, 2.45) is 0 Å². The summed E-state index contributed by atoms with van der Waals surface area (Å²) in [5.41, 5.74) is 3.03. The molecule has 0 heteroatoms. The predicted octanol–water partition coefficient (Wildman–Crippen LogP) is 5.24. The summed E-state index contributed by atoms with van der Waals surface area (Å²) >= 11 is 0. The molecule has 0 atom stereocenters. The second-order valence-corrected chi connectivity index (χ2v) is 5.76. The van der Waals surface area contributed by atoms with Gasteiger partial charge in [-0.05, 0) is 56.3 Å². The molecule has 0 radical (unpaired) electrons. The Bertz CT molecular complexity index is 993. The first-order valence-electron chi connectivity index (χ1n) is 7.27. The van der Waals surface area contributed by atoms with Crippen molar-refractivity contribution in [1.82, 2.24) is 0 Å². The molecule has 1 aliphatic rings. The van der Waals surface area contributed by atoms with Gasteiger partial charge in [0.2, 0.25) is 0 Å². The van der Waals surface area contributed by atoms with E-state index >= 15 is 0 Å². The summed E-state index contributed by atoms with van der Waals surface area (Å²) in [5, 5.41) is 8.52. The SMILES string of the molecule is c1ccc2c(c1)cc1c3c2ccc2cccc(c23)CC1. The maximum atomic E-state index is 2.40. The number of fused-ring (bicyclic) bond motifs is 2. The van der Waals surface area contributed by atoms with Crippen molar-refractivity contribution in [3.8, 4) is 0 Å². The molecule has 1 aliphatic carbocycles. The third-order valence-corrected chi connectivity index (χ3v) is 4.70. The average Bonchev–Trinajstić information content (AvgIpc) is 2.52. The lowest BCUT2D eigenvalue weighted by Crippen LogP contribution is -2.01. The van der Waals surface area contributed by atoms with E-state index in [0.29, 0.717) is 0 Å². The molecule has 94 valence electrons. The van der Waals surface area contributed by atoms with E-state index in [4.69, 9.17) is 0 Å². The number of rotatable bonds is 0. The zero-order chi connectivity index (χ0) is 13.1. The fraction of sp³-hybridized carbons (Fsp3) is 0.100. The largest absolute Gasteiger partial charge is 0.0616 e. The molecular formula is C20H14. The third kappa shape index (κ3) is 1.21.